The molecule has 1 aromatic heterocycles. The van der Waals surface area contributed by atoms with Gasteiger partial charge in [0.05, 0.1) is 23.5 Å². The third-order valence-electron chi connectivity index (χ3n) is 7.22. The van der Waals surface area contributed by atoms with E-state index in [1.54, 1.807) is 36.0 Å². The average molecular weight is 526 g/mol. The van der Waals surface area contributed by atoms with E-state index >= 15 is 0 Å². The molecule has 0 saturated carbocycles. The number of amides is 2. The van der Waals surface area contributed by atoms with Gasteiger partial charge in [-0.15, -0.1) is 0 Å². The van der Waals surface area contributed by atoms with Crippen LogP contribution in [0.3, 0.4) is 0 Å². The van der Waals surface area contributed by atoms with Crippen molar-refractivity contribution in [3.05, 3.63) is 76.3 Å². The Morgan fingerprint density at radius 3 is 2.78 bits per heavy atom. The Morgan fingerprint density at radius 2 is 2.08 bits per heavy atom. The van der Waals surface area contributed by atoms with Gasteiger partial charge in [-0.3, -0.25) is 9.69 Å². The van der Waals surface area contributed by atoms with Crippen LogP contribution in [0.1, 0.15) is 41.4 Å². The van der Waals surface area contributed by atoms with E-state index < -0.39 is 5.60 Å². The van der Waals surface area contributed by atoms with E-state index in [2.05, 4.69) is 20.6 Å². The Hall–Kier alpha value is -3.43. The van der Waals surface area contributed by atoms with Gasteiger partial charge in [0.1, 0.15) is 11.4 Å². The van der Waals surface area contributed by atoms with Gasteiger partial charge in [0.2, 0.25) is 0 Å². The molecule has 2 atom stereocenters. The lowest BCUT2D eigenvalue weighted by Gasteiger charge is -2.39. The fourth-order valence-corrected chi connectivity index (χ4v) is 5.30. The lowest BCUT2D eigenvalue weighted by molar-refractivity contribution is -0.0128. The summed E-state index contributed by atoms with van der Waals surface area (Å²) in [7, 11) is 0. The van der Waals surface area contributed by atoms with Crippen LogP contribution in [0.4, 0.5) is 14.9 Å². The van der Waals surface area contributed by atoms with Crippen molar-refractivity contribution in [1.29, 1.82) is 0 Å². The molecule has 2 aliphatic heterocycles. The number of hydrogen-bond acceptors (Lipinski definition) is 5. The maximum Gasteiger partial charge on any atom is 0.407 e. The Labute approximate surface area is 219 Å². The molecule has 37 heavy (non-hydrogen) atoms. The first-order chi connectivity index (χ1) is 17.7. The zero-order valence-corrected chi connectivity index (χ0v) is 21.5. The molecule has 194 valence electrons. The average Bonchev–Trinajstić information content (AvgIpc) is 3.44. The molecule has 0 radical (unpaired) electrons. The molecule has 2 amide bonds. The van der Waals surface area contributed by atoms with Crippen molar-refractivity contribution in [3.8, 4) is 5.69 Å². The lowest BCUT2D eigenvalue weighted by atomic mass is 9.83. The summed E-state index contributed by atoms with van der Waals surface area (Å²) >= 11 is 6.61. The zero-order chi connectivity index (χ0) is 26.2. The van der Waals surface area contributed by atoms with Crippen molar-refractivity contribution in [2.24, 2.45) is 5.92 Å². The maximum absolute atomic E-state index is 13.2. The van der Waals surface area contributed by atoms with Crippen LogP contribution in [-0.2, 0) is 11.3 Å². The molecule has 3 aromatic rings. The number of anilines is 1. The molecule has 0 spiro atoms. The van der Waals surface area contributed by atoms with Crippen LogP contribution < -0.4 is 10.6 Å². The van der Waals surface area contributed by atoms with Gasteiger partial charge in [-0.1, -0.05) is 17.7 Å². The number of nitrogens with zero attached hydrogens (tertiary/aromatic N) is 3. The van der Waals surface area contributed by atoms with Gasteiger partial charge < -0.3 is 15.4 Å². The van der Waals surface area contributed by atoms with E-state index in [0.29, 0.717) is 40.7 Å². The van der Waals surface area contributed by atoms with E-state index in [0.717, 1.165) is 31.5 Å². The van der Waals surface area contributed by atoms with Crippen molar-refractivity contribution in [2.45, 2.75) is 38.8 Å². The SMILES string of the molecule is Cc1nn(-c2ccc(F)cc2)cc1C(=O)Nc1ccc(CN2CCC[C@H]([C@@]3(C)CNC(=O)O3)C2)c(Cl)c1. The highest BCUT2D eigenvalue weighted by Gasteiger charge is 2.44. The van der Waals surface area contributed by atoms with Gasteiger partial charge in [0, 0.05) is 35.9 Å². The second kappa shape index (κ2) is 10.1. The number of alkyl carbamates (subject to hydrolysis) is 1. The summed E-state index contributed by atoms with van der Waals surface area (Å²) in [5.74, 6) is -0.393. The molecule has 2 fully saturated rings. The summed E-state index contributed by atoms with van der Waals surface area (Å²) in [5.41, 5.74) is 2.69. The van der Waals surface area contributed by atoms with Crippen molar-refractivity contribution in [2.75, 3.05) is 25.0 Å². The highest BCUT2D eigenvalue weighted by molar-refractivity contribution is 6.31. The maximum atomic E-state index is 13.2. The van der Waals surface area contributed by atoms with E-state index in [9.17, 15) is 14.0 Å². The topological polar surface area (TPSA) is 88.5 Å². The number of aryl methyl sites for hydroxylation is 1. The van der Waals surface area contributed by atoms with E-state index in [-0.39, 0.29) is 23.7 Å². The normalized spacial score (nSPS) is 21.9. The number of piperidine rings is 1. The number of aromatic nitrogens is 2. The molecule has 10 heteroatoms. The van der Waals surface area contributed by atoms with Crippen molar-refractivity contribution < 1.29 is 18.7 Å². The Balaban J connectivity index is 1.23. The second-order valence-electron chi connectivity index (χ2n) is 9.94. The van der Waals surface area contributed by atoms with E-state index in [1.807, 2.05) is 19.1 Å². The van der Waals surface area contributed by atoms with Crippen LogP contribution in [0.25, 0.3) is 5.69 Å². The smallest absolute Gasteiger partial charge is 0.407 e. The number of carbonyl (C=O) groups is 2. The zero-order valence-electron chi connectivity index (χ0n) is 20.8. The standard InChI is InChI=1S/C27H29ClFN5O3/c1-17-23(15-34(32-17)22-9-6-20(29)7-10-22)25(35)31-21-8-5-18(24(28)12-21)13-33-11-3-4-19(14-33)27(2)16-30-26(36)37-27/h5-10,12,15,19H,3-4,11,13-14,16H2,1-2H3,(H,30,36)(H,31,35)/t19-,27+/m0/s1. The Kier molecular flexibility index (Phi) is 6.92. The lowest BCUT2D eigenvalue weighted by Crippen LogP contribution is -2.47. The fourth-order valence-electron chi connectivity index (χ4n) is 5.06. The summed E-state index contributed by atoms with van der Waals surface area (Å²) in [6.07, 6.45) is 3.31. The number of carbonyl (C=O) groups excluding carboxylic acids is 2. The summed E-state index contributed by atoms with van der Waals surface area (Å²) in [4.78, 5) is 26.9. The third-order valence-corrected chi connectivity index (χ3v) is 7.57. The number of likely N-dealkylation sites (tertiary alicyclic amines) is 1. The summed E-state index contributed by atoms with van der Waals surface area (Å²) in [6, 6.07) is 11.4. The molecule has 2 saturated heterocycles. The Morgan fingerprint density at radius 1 is 1.30 bits per heavy atom. The molecular formula is C27H29ClFN5O3. The number of halogens is 2. The number of rotatable bonds is 6. The van der Waals surface area contributed by atoms with Crippen molar-refractivity contribution in [3.63, 3.8) is 0 Å². The van der Waals surface area contributed by atoms with Crippen molar-refractivity contribution >= 4 is 29.3 Å². The minimum absolute atomic E-state index is 0.247. The van der Waals surface area contributed by atoms with Gasteiger partial charge >= 0.3 is 6.09 Å². The quantitative estimate of drug-likeness (QED) is 0.476. The highest BCUT2D eigenvalue weighted by Crippen LogP contribution is 2.33. The van der Waals surface area contributed by atoms with Crippen LogP contribution in [0.2, 0.25) is 5.02 Å². The van der Waals surface area contributed by atoms with Crippen LogP contribution in [0.15, 0.2) is 48.7 Å². The second-order valence-corrected chi connectivity index (χ2v) is 10.3. The molecule has 0 unspecified atom stereocenters. The van der Waals surface area contributed by atoms with Crippen molar-refractivity contribution in [1.82, 2.24) is 20.0 Å². The fraction of sp³-hybridized carbons (Fsp3) is 0.370. The largest absolute Gasteiger partial charge is 0.441 e. The first kappa shape index (κ1) is 25.2. The van der Waals surface area contributed by atoms with E-state index in [1.165, 1.54) is 12.1 Å². The van der Waals surface area contributed by atoms with Crippen LogP contribution >= 0.6 is 11.6 Å². The van der Waals surface area contributed by atoms with Crippen LogP contribution in [0, 0.1) is 18.7 Å². The number of ether oxygens (including phenoxy) is 1. The van der Waals surface area contributed by atoms with Gasteiger partial charge in [-0.25, -0.2) is 13.9 Å². The molecule has 3 heterocycles. The minimum atomic E-state index is -0.490. The van der Waals surface area contributed by atoms with Gasteiger partial charge in [0.15, 0.2) is 0 Å². The Bertz CT molecular complexity index is 1330. The van der Waals surface area contributed by atoms with E-state index in [4.69, 9.17) is 16.3 Å². The third kappa shape index (κ3) is 5.47. The minimum Gasteiger partial charge on any atom is -0.441 e. The van der Waals surface area contributed by atoms with Gasteiger partial charge in [-0.05, 0) is 75.2 Å². The monoisotopic (exact) mass is 525 g/mol. The van der Waals surface area contributed by atoms with Gasteiger partial charge in [0.25, 0.3) is 5.91 Å². The van der Waals surface area contributed by atoms with Crippen LogP contribution in [0.5, 0.6) is 0 Å². The highest BCUT2D eigenvalue weighted by atomic mass is 35.5. The molecular weight excluding hydrogens is 497 g/mol. The molecule has 8 nitrogen and oxygen atoms in total. The molecule has 0 aliphatic carbocycles. The first-order valence-electron chi connectivity index (χ1n) is 12.3. The molecule has 2 N–H and O–H groups in total. The van der Waals surface area contributed by atoms with Gasteiger partial charge in [-0.2, -0.15) is 5.10 Å². The predicted octanol–water partition coefficient (Wildman–Crippen LogP) is 4.94. The molecule has 5 rings (SSSR count). The molecule has 0 bridgehead atoms. The number of benzene rings is 2. The molecule has 2 aliphatic rings. The molecule has 2 aromatic carbocycles. The van der Waals surface area contributed by atoms with Crippen LogP contribution in [-0.4, -0.2) is 51.9 Å². The predicted molar refractivity (Wildman–Crippen MR) is 139 cm³/mol. The number of hydrogen-bond donors (Lipinski definition) is 2. The summed E-state index contributed by atoms with van der Waals surface area (Å²) < 4.78 is 20.4. The first-order valence-corrected chi connectivity index (χ1v) is 12.7. The summed E-state index contributed by atoms with van der Waals surface area (Å²) in [6.45, 7) is 6.71. The number of nitrogens with one attached hydrogen (secondary N) is 2. The number of cyclic esters (lactones) is 1. The summed E-state index contributed by atoms with van der Waals surface area (Å²) in [5, 5.41) is 10.6.